The Labute approximate surface area is 107 Å². The van der Waals surface area contributed by atoms with E-state index in [0.29, 0.717) is 17.2 Å². The molecule has 2 atom stereocenters. The summed E-state index contributed by atoms with van der Waals surface area (Å²) < 4.78 is 0. The number of fused-ring (bicyclic) bond motifs is 1. The topological polar surface area (TPSA) is 78.4 Å². The number of hydrogen-bond acceptors (Lipinski definition) is 6. The van der Waals surface area contributed by atoms with E-state index in [1.165, 1.54) is 25.6 Å². The number of aliphatic imine (C=N–C) groups is 1. The van der Waals surface area contributed by atoms with Crippen molar-refractivity contribution < 1.29 is 0 Å². The van der Waals surface area contributed by atoms with Gasteiger partial charge in [-0.2, -0.15) is 10.2 Å². The van der Waals surface area contributed by atoms with Crippen molar-refractivity contribution >= 4 is 18.0 Å². The third kappa shape index (κ3) is 1.85. The molecule has 3 N–H and O–H groups in total. The molecular formula is C12H20N6. The maximum atomic E-state index is 5.85. The molecular weight excluding hydrogens is 228 g/mol. The van der Waals surface area contributed by atoms with Gasteiger partial charge in [-0.25, -0.2) is 10.0 Å². The first-order valence-corrected chi connectivity index (χ1v) is 6.55. The molecule has 0 saturated heterocycles. The summed E-state index contributed by atoms with van der Waals surface area (Å²) in [5.74, 6) is 2.01. The van der Waals surface area contributed by atoms with Crippen molar-refractivity contribution in [1.82, 2.24) is 10.4 Å². The van der Waals surface area contributed by atoms with Gasteiger partial charge in [0, 0.05) is 5.92 Å². The van der Waals surface area contributed by atoms with Crippen LogP contribution in [0.1, 0.15) is 39.5 Å². The number of hydrazone groups is 2. The van der Waals surface area contributed by atoms with Crippen LogP contribution in [0.15, 0.2) is 15.2 Å². The first-order chi connectivity index (χ1) is 8.57. The molecule has 2 unspecified atom stereocenters. The van der Waals surface area contributed by atoms with E-state index in [9.17, 15) is 0 Å². The number of nitrogens with zero attached hydrogens (tertiary/aromatic N) is 4. The second-order valence-corrected chi connectivity index (χ2v) is 6.09. The lowest BCUT2D eigenvalue weighted by Gasteiger charge is -2.36. The smallest absolute Gasteiger partial charge is 0.195 e. The van der Waals surface area contributed by atoms with E-state index in [2.05, 4.69) is 34.5 Å². The molecule has 1 fully saturated rings. The Morgan fingerprint density at radius 2 is 2.33 bits per heavy atom. The Kier molecular flexibility index (Phi) is 2.53. The van der Waals surface area contributed by atoms with Crippen molar-refractivity contribution in [1.29, 1.82) is 0 Å². The van der Waals surface area contributed by atoms with Crippen LogP contribution < -0.4 is 11.2 Å². The lowest BCUT2D eigenvalue weighted by molar-refractivity contribution is 0.205. The molecule has 0 radical (unpaired) electrons. The van der Waals surface area contributed by atoms with Crippen molar-refractivity contribution in [2.75, 3.05) is 0 Å². The predicted octanol–water partition coefficient (Wildman–Crippen LogP) is 1.06. The SMILES string of the molecule is CC1(C)CCCC(C2=NNC3C(N)=NC=NN23)C1. The third-order valence-corrected chi connectivity index (χ3v) is 4.01. The fraction of sp³-hybridized carbons (Fsp3) is 0.750. The van der Waals surface area contributed by atoms with Crippen LogP contribution in [-0.2, 0) is 0 Å². The van der Waals surface area contributed by atoms with Gasteiger partial charge in [0.25, 0.3) is 0 Å². The average molecular weight is 248 g/mol. The fourth-order valence-corrected chi connectivity index (χ4v) is 3.10. The molecule has 1 aliphatic carbocycles. The Morgan fingerprint density at radius 1 is 1.50 bits per heavy atom. The summed E-state index contributed by atoms with van der Waals surface area (Å²) in [7, 11) is 0. The van der Waals surface area contributed by atoms with Gasteiger partial charge in [0.15, 0.2) is 12.0 Å². The van der Waals surface area contributed by atoms with Crippen LogP contribution in [0, 0.1) is 11.3 Å². The van der Waals surface area contributed by atoms with Crippen LogP contribution >= 0.6 is 0 Å². The highest BCUT2D eigenvalue weighted by molar-refractivity contribution is 5.99. The van der Waals surface area contributed by atoms with E-state index in [1.54, 1.807) is 0 Å². The van der Waals surface area contributed by atoms with Gasteiger partial charge in [-0.05, 0) is 24.7 Å². The number of hydrogen-bond donors (Lipinski definition) is 2. The number of nitrogens with two attached hydrogens (primary N) is 1. The molecule has 0 aromatic heterocycles. The summed E-state index contributed by atoms with van der Waals surface area (Å²) in [5, 5.41) is 10.6. The largest absolute Gasteiger partial charge is 0.384 e. The lowest BCUT2D eigenvalue weighted by Crippen LogP contribution is -2.50. The molecule has 0 bridgehead atoms. The lowest BCUT2D eigenvalue weighted by atomic mass is 9.72. The van der Waals surface area contributed by atoms with Gasteiger partial charge in [0.2, 0.25) is 0 Å². The highest BCUT2D eigenvalue weighted by Gasteiger charge is 2.39. The molecule has 98 valence electrons. The maximum absolute atomic E-state index is 5.85. The first-order valence-electron chi connectivity index (χ1n) is 6.55. The minimum atomic E-state index is -0.185. The summed E-state index contributed by atoms with van der Waals surface area (Å²) in [6, 6.07) is 0. The van der Waals surface area contributed by atoms with E-state index < -0.39 is 0 Å². The fourth-order valence-electron chi connectivity index (χ4n) is 3.10. The molecule has 3 aliphatic rings. The minimum absolute atomic E-state index is 0.185. The van der Waals surface area contributed by atoms with E-state index in [4.69, 9.17) is 5.73 Å². The monoisotopic (exact) mass is 248 g/mol. The molecule has 1 saturated carbocycles. The van der Waals surface area contributed by atoms with Crippen LogP contribution in [0.25, 0.3) is 0 Å². The van der Waals surface area contributed by atoms with E-state index >= 15 is 0 Å². The van der Waals surface area contributed by atoms with Crippen LogP contribution in [0.3, 0.4) is 0 Å². The molecule has 2 heterocycles. The zero-order valence-electron chi connectivity index (χ0n) is 10.9. The Hall–Kier alpha value is -1.59. The van der Waals surface area contributed by atoms with Crippen LogP contribution in [0.2, 0.25) is 0 Å². The molecule has 0 amide bonds. The van der Waals surface area contributed by atoms with E-state index in [0.717, 1.165) is 12.3 Å². The van der Waals surface area contributed by atoms with Crippen molar-refractivity contribution in [2.24, 2.45) is 32.3 Å². The first kappa shape index (κ1) is 11.5. The van der Waals surface area contributed by atoms with Crippen molar-refractivity contribution in [2.45, 2.75) is 45.7 Å². The molecule has 0 spiro atoms. The number of amidine groups is 2. The van der Waals surface area contributed by atoms with Gasteiger partial charge in [-0.3, -0.25) is 5.43 Å². The van der Waals surface area contributed by atoms with Crippen LogP contribution in [-0.4, -0.2) is 29.2 Å². The Bertz CT molecular complexity index is 436. The van der Waals surface area contributed by atoms with Crippen LogP contribution in [0.5, 0.6) is 0 Å². The standard InChI is InChI=1S/C12H20N6/c1-12(2)5-3-4-8(6-12)10-16-17-11-9(13)14-7-15-18(10)11/h7-8,11,17H,3-6H2,1-2H3,(H2,13,14,15). The van der Waals surface area contributed by atoms with Crippen molar-refractivity contribution in [3.8, 4) is 0 Å². The summed E-state index contributed by atoms with van der Waals surface area (Å²) >= 11 is 0. The highest BCUT2D eigenvalue weighted by atomic mass is 15.7. The van der Waals surface area contributed by atoms with E-state index in [1.807, 2.05) is 5.01 Å². The number of nitrogens with one attached hydrogen (secondary N) is 1. The van der Waals surface area contributed by atoms with Gasteiger partial charge in [0.05, 0.1) is 0 Å². The molecule has 3 rings (SSSR count). The normalized spacial score (nSPS) is 33.6. The summed E-state index contributed by atoms with van der Waals surface area (Å²) in [6.07, 6.45) is 6.20. The second kappa shape index (κ2) is 3.96. The molecule has 0 aromatic rings. The van der Waals surface area contributed by atoms with Gasteiger partial charge < -0.3 is 5.73 Å². The molecule has 18 heavy (non-hydrogen) atoms. The predicted molar refractivity (Wildman–Crippen MR) is 72.1 cm³/mol. The van der Waals surface area contributed by atoms with Crippen LogP contribution in [0.4, 0.5) is 0 Å². The summed E-state index contributed by atoms with van der Waals surface area (Å²) in [5.41, 5.74) is 9.27. The minimum Gasteiger partial charge on any atom is -0.384 e. The zero-order valence-corrected chi connectivity index (χ0v) is 10.9. The van der Waals surface area contributed by atoms with Gasteiger partial charge in [-0.1, -0.05) is 20.3 Å². The summed E-state index contributed by atoms with van der Waals surface area (Å²) in [6.45, 7) is 4.66. The van der Waals surface area contributed by atoms with Gasteiger partial charge >= 0.3 is 0 Å². The third-order valence-electron chi connectivity index (χ3n) is 4.01. The maximum Gasteiger partial charge on any atom is 0.195 e. The Morgan fingerprint density at radius 3 is 3.11 bits per heavy atom. The number of rotatable bonds is 1. The average Bonchev–Trinajstić information content (AvgIpc) is 2.73. The summed E-state index contributed by atoms with van der Waals surface area (Å²) in [4.78, 5) is 4.01. The molecule has 6 heteroatoms. The molecule has 0 aromatic carbocycles. The molecule has 2 aliphatic heterocycles. The quantitative estimate of drug-likeness (QED) is 0.728. The van der Waals surface area contributed by atoms with Crippen molar-refractivity contribution in [3.05, 3.63) is 0 Å². The van der Waals surface area contributed by atoms with E-state index in [-0.39, 0.29) is 6.17 Å². The van der Waals surface area contributed by atoms with Crippen molar-refractivity contribution in [3.63, 3.8) is 0 Å². The van der Waals surface area contributed by atoms with Gasteiger partial charge in [0.1, 0.15) is 12.2 Å². The highest BCUT2D eigenvalue weighted by Crippen LogP contribution is 2.40. The zero-order chi connectivity index (χ0) is 12.8. The Balaban J connectivity index is 1.78. The van der Waals surface area contributed by atoms with Gasteiger partial charge in [-0.15, -0.1) is 0 Å². The second-order valence-electron chi connectivity index (χ2n) is 6.09. The molecule has 6 nitrogen and oxygen atoms in total.